The van der Waals surface area contributed by atoms with Crippen LogP contribution in [-0.4, -0.2) is 37.2 Å². The minimum absolute atomic E-state index is 0.178. The summed E-state index contributed by atoms with van der Waals surface area (Å²) < 4.78 is 9.49. The molecule has 5 nitrogen and oxygen atoms in total. The van der Waals surface area contributed by atoms with Crippen LogP contribution >= 0.6 is 0 Å². The van der Waals surface area contributed by atoms with Crippen molar-refractivity contribution in [2.75, 3.05) is 7.11 Å². The van der Waals surface area contributed by atoms with Crippen molar-refractivity contribution in [3.63, 3.8) is 0 Å². The lowest BCUT2D eigenvalue weighted by molar-refractivity contribution is -0.142. The Hall–Kier alpha value is -1.10. The van der Waals surface area contributed by atoms with Crippen LogP contribution in [-0.2, 0) is 19.1 Å². The zero-order chi connectivity index (χ0) is 11.5. The van der Waals surface area contributed by atoms with Gasteiger partial charge in [0.2, 0.25) is 0 Å². The molecule has 2 atom stereocenters. The maximum absolute atomic E-state index is 11.7. The number of nitrogens with one attached hydrogen (secondary N) is 1. The number of carbonyl (C=O) groups is 2. The highest BCUT2D eigenvalue weighted by Gasteiger charge is 2.51. The van der Waals surface area contributed by atoms with Gasteiger partial charge in [0.25, 0.3) is 5.91 Å². The zero-order valence-corrected chi connectivity index (χ0v) is 9.40. The standard InChI is InChI=1S/C11H17NO4/c1-15-11(14)9-8(16-9)10(13)12-7-5-3-2-4-6-7/h7-9H,2-6H2,1H3,(H,12,13). The van der Waals surface area contributed by atoms with E-state index in [4.69, 9.17) is 4.74 Å². The van der Waals surface area contributed by atoms with E-state index in [-0.39, 0.29) is 11.9 Å². The molecular formula is C11H17NO4. The van der Waals surface area contributed by atoms with E-state index in [0.717, 1.165) is 25.7 Å². The SMILES string of the molecule is COC(=O)C1OC1C(=O)NC1CCCCC1. The van der Waals surface area contributed by atoms with Crippen molar-refractivity contribution in [1.29, 1.82) is 0 Å². The molecule has 2 fully saturated rings. The highest BCUT2D eigenvalue weighted by Crippen LogP contribution is 2.24. The van der Waals surface area contributed by atoms with E-state index < -0.39 is 18.2 Å². The topological polar surface area (TPSA) is 67.9 Å². The van der Waals surface area contributed by atoms with Crippen molar-refractivity contribution in [2.45, 2.75) is 50.4 Å². The van der Waals surface area contributed by atoms with Gasteiger partial charge in [-0.05, 0) is 12.8 Å². The molecule has 1 N–H and O–H groups in total. The lowest BCUT2D eigenvalue weighted by Crippen LogP contribution is -2.39. The largest absolute Gasteiger partial charge is 0.467 e. The van der Waals surface area contributed by atoms with E-state index >= 15 is 0 Å². The molecule has 1 aliphatic carbocycles. The molecule has 1 saturated heterocycles. The fourth-order valence-electron chi connectivity index (χ4n) is 2.14. The first-order valence-electron chi connectivity index (χ1n) is 5.76. The van der Waals surface area contributed by atoms with E-state index in [2.05, 4.69) is 10.1 Å². The second-order valence-corrected chi connectivity index (χ2v) is 4.34. The summed E-state index contributed by atoms with van der Waals surface area (Å²) in [6.45, 7) is 0. The van der Waals surface area contributed by atoms with Gasteiger partial charge in [-0.2, -0.15) is 0 Å². The molecule has 2 unspecified atom stereocenters. The summed E-state index contributed by atoms with van der Waals surface area (Å²) >= 11 is 0. The van der Waals surface area contributed by atoms with Crippen molar-refractivity contribution in [1.82, 2.24) is 5.32 Å². The van der Waals surface area contributed by atoms with E-state index in [1.807, 2.05) is 0 Å². The minimum atomic E-state index is -0.686. The second kappa shape index (κ2) is 4.82. The Morgan fingerprint density at radius 2 is 1.88 bits per heavy atom. The number of amides is 1. The van der Waals surface area contributed by atoms with Gasteiger partial charge in [-0.15, -0.1) is 0 Å². The van der Waals surface area contributed by atoms with Gasteiger partial charge >= 0.3 is 5.97 Å². The molecule has 1 aliphatic heterocycles. The van der Waals surface area contributed by atoms with Crippen molar-refractivity contribution < 1.29 is 19.1 Å². The Balaban J connectivity index is 1.75. The van der Waals surface area contributed by atoms with E-state index in [1.165, 1.54) is 13.5 Å². The molecule has 90 valence electrons. The molecule has 2 aliphatic rings. The summed E-state index contributed by atoms with van der Waals surface area (Å²) in [7, 11) is 1.29. The highest BCUT2D eigenvalue weighted by atomic mass is 16.6. The van der Waals surface area contributed by atoms with Crippen LogP contribution in [0.1, 0.15) is 32.1 Å². The third-order valence-electron chi connectivity index (χ3n) is 3.14. The molecule has 0 bridgehead atoms. The summed E-state index contributed by atoms with van der Waals surface area (Å²) in [5, 5.41) is 2.92. The first-order valence-corrected chi connectivity index (χ1v) is 5.76. The molecule has 0 aromatic heterocycles. The van der Waals surface area contributed by atoms with Crippen LogP contribution in [0.15, 0.2) is 0 Å². The molecule has 0 radical (unpaired) electrons. The number of rotatable bonds is 3. The average Bonchev–Trinajstić information content (AvgIpc) is 3.09. The molecule has 1 heterocycles. The molecule has 1 saturated carbocycles. The van der Waals surface area contributed by atoms with Crippen LogP contribution in [0, 0.1) is 0 Å². The quantitative estimate of drug-likeness (QED) is 0.559. The minimum Gasteiger partial charge on any atom is -0.467 e. The van der Waals surface area contributed by atoms with E-state index in [9.17, 15) is 9.59 Å². The zero-order valence-electron chi connectivity index (χ0n) is 9.40. The molecule has 0 spiro atoms. The Morgan fingerprint density at radius 3 is 2.50 bits per heavy atom. The number of ether oxygens (including phenoxy) is 2. The summed E-state index contributed by atoms with van der Waals surface area (Å²) in [6, 6.07) is 0.253. The number of esters is 1. The fourth-order valence-corrected chi connectivity index (χ4v) is 2.14. The molecular weight excluding hydrogens is 210 g/mol. The summed E-state index contributed by atoms with van der Waals surface area (Å²) in [5.74, 6) is -0.647. The van der Waals surface area contributed by atoms with E-state index in [0.29, 0.717) is 0 Å². The molecule has 0 aromatic carbocycles. The Morgan fingerprint density at radius 1 is 1.19 bits per heavy atom. The average molecular weight is 227 g/mol. The molecule has 2 rings (SSSR count). The maximum atomic E-state index is 11.7. The van der Waals surface area contributed by atoms with Gasteiger partial charge in [-0.3, -0.25) is 4.79 Å². The third-order valence-corrected chi connectivity index (χ3v) is 3.14. The van der Waals surface area contributed by atoms with Gasteiger partial charge in [0, 0.05) is 6.04 Å². The van der Waals surface area contributed by atoms with Crippen LogP contribution in [0.4, 0.5) is 0 Å². The predicted molar refractivity (Wildman–Crippen MR) is 55.7 cm³/mol. The number of methoxy groups -OCH3 is 1. The van der Waals surface area contributed by atoms with Crippen LogP contribution in [0.25, 0.3) is 0 Å². The number of hydrogen-bond donors (Lipinski definition) is 1. The lowest BCUT2D eigenvalue weighted by Gasteiger charge is -2.22. The second-order valence-electron chi connectivity index (χ2n) is 4.34. The van der Waals surface area contributed by atoms with Gasteiger partial charge in [0.15, 0.2) is 12.2 Å². The molecule has 5 heteroatoms. The van der Waals surface area contributed by atoms with Crippen LogP contribution < -0.4 is 5.32 Å². The monoisotopic (exact) mass is 227 g/mol. The first kappa shape index (κ1) is 11.4. The summed E-state index contributed by atoms with van der Waals surface area (Å²) in [4.78, 5) is 22.7. The number of carbonyl (C=O) groups excluding carboxylic acids is 2. The molecule has 0 aromatic rings. The maximum Gasteiger partial charge on any atom is 0.338 e. The summed E-state index contributed by atoms with van der Waals surface area (Å²) in [6.07, 6.45) is 4.32. The smallest absolute Gasteiger partial charge is 0.338 e. The Kier molecular flexibility index (Phi) is 3.43. The van der Waals surface area contributed by atoms with Gasteiger partial charge in [0.05, 0.1) is 7.11 Å². The predicted octanol–water partition coefficient (Wildman–Crippen LogP) is 0.376. The van der Waals surface area contributed by atoms with Crippen molar-refractivity contribution >= 4 is 11.9 Å². The number of epoxide rings is 1. The van der Waals surface area contributed by atoms with Crippen LogP contribution in [0.3, 0.4) is 0 Å². The van der Waals surface area contributed by atoms with Crippen molar-refractivity contribution in [2.24, 2.45) is 0 Å². The Labute approximate surface area is 94.5 Å². The van der Waals surface area contributed by atoms with Gasteiger partial charge < -0.3 is 14.8 Å². The van der Waals surface area contributed by atoms with Crippen molar-refractivity contribution in [3.8, 4) is 0 Å². The van der Waals surface area contributed by atoms with Gasteiger partial charge in [0.1, 0.15) is 0 Å². The Bertz CT molecular complexity index is 286. The summed E-state index contributed by atoms with van der Waals surface area (Å²) in [5.41, 5.74) is 0. The van der Waals surface area contributed by atoms with Crippen LogP contribution in [0.2, 0.25) is 0 Å². The van der Waals surface area contributed by atoms with Crippen LogP contribution in [0.5, 0.6) is 0 Å². The van der Waals surface area contributed by atoms with Gasteiger partial charge in [-0.25, -0.2) is 4.79 Å². The van der Waals surface area contributed by atoms with E-state index in [1.54, 1.807) is 0 Å². The third kappa shape index (κ3) is 2.52. The molecule has 16 heavy (non-hydrogen) atoms. The van der Waals surface area contributed by atoms with Crippen molar-refractivity contribution in [3.05, 3.63) is 0 Å². The van der Waals surface area contributed by atoms with Gasteiger partial charge in [-0.1, -0.05) is 19.3 Å². The normalized spacial score (nSPS) is 29.6. The fraction of sp³-hybridized carbons (Fsp3) is 0.818. The molecule has 1 amide bonds. The highest BCUT2D eigenvalue weighted by molar-refractivity contribution is 5.92. The lowest BCUT2D eigenvalue weighted by atomic mass is 9.95. The first-order chi connectivity index (χ1) is 7.72. The number of hydrogen-bond acceptors (Lipinski definition) is 4.